The first-order valence-electron chi connectivity index (χ1n) is 5.86. The summed E-state index contributed by atoms with van der Waals surface area (Å²) < 4.78 is 0. The van der Waals surface area contributed by atoms with E-state index in [0.717, 1.165) is 0 Å². The molecule has 0 aliphatic heterocycles. The number of anilines is 3. The van der Waals surface area contributed by atoms with Crippen molar-refractivity contribution in [3.8, 4) is 0 Å². The van der Waals surface area contributed by atoms with E-state index in [4.69, 9.17) is 11.5 Å². The topological polar surface area (TPSA) is 89.8 Å². The molecular weight excluding hydrogens is 214 g/mol. The van der Waals surface area contributed by atoms with E-state index in [1.807, 2.05) is 0 Å². The molecule has 0 saturated heterocycles. The lowest BCUT2D eigenvalue weighted by molar-refractivity contribution is 0.280. The number of nitrogen functional groups attached to an aromatic ring is 2. The van der Waals surface area contributed by atoms with Crippen LogP contribution in [0.3, 0.4) is 0 Å². The molecule has 0 bridgehead atoms. The highest BCUT2D eigenvalue weighted by Crippen LogP contribution is 2.28. The molecule has 17 heavy (non-hydrogen) atoms. The zero-order chi connectivity index (χ0) is 13.2. The highest BCUT2D eigenvalue weighted by molar-refractivity contribution is 5.49. The van der Waals surface area contributed by atoms with Gasteiger partial charge in [-0.1, -0.05) is 34.6 Å². The quantitative estimate of drug-likeness (QED) is 0.749. The molecule has 0 amide bonds. The molecule has 1 aromatic heterocycles. The van der Waals surface area contributed by atoms with Gasteiger partial charge in [-0.3, -0.25) is 0 Å². The molecule has 0 aromatic carbocycles. The molecule has 0 spiro atoms. The van der Waals surface area contributed by atoms with E-state index < -0.39 is 0 Å². The lowest BCUT2D eigenvalue weighted by Gasteiger charge is -2.35. The average molecular weight is 237 g/mol. The van der Waals surface area contributed by atoms with E-state index >= 15 is 0 Å². The Labute approximate surface area is 103 Å². The van der Waals surface area contributed by atoms with Crippen LogP contribution in [0.4, 0.5) is 17.6 Å². The smallest absolute Gasteiger partial charge is 0.223 e. The van der Waals surface area contributed by atoms with Crippen molar-refractivity contribution in [3.05, 3.63) is 6.07 Å². The standard InChI is InChI=1S/C12H23N5/c1-7(2)10(12(3,4)5)16-9-6-8(13)15-11(14)17-9/h6-7,10H,1-5H3,(H5,13,14,15,16,17)/t10-/m0/s1. The van der Waals surface area contributed by atoms with Crippen molar-refractivity contribution in [2.24, 2.45) is 11.3 Å². The van der Waals surface area contributed by atoms with Crippen LogP contribution in [-0.4, -0.2) is 16.0 Å². The summed E-state index contributed by atoms with van der Waals surface area (Å²) in [6, 6.07) is 1.99. The molecule has 5 nitrogen and oxygen atoms in total. The molecule has 1 heterocycles. The van der Waals surface area contributed by atoms with Gasteiger partial charge in [0.2, 0.25) is 5.95 Å². The fourth-order valence-electron chi connectivity index (χ4n) is 2.10. The summed E-state index contributed by atoms with van der Waals surface area (Å²) in [6.45, 7) is 10.9. The van der Waals surface area contributed by atoms with Crippen molar-refractivity contribution >= 4 is 17.6 Å². The predicted octanol–water partition coefficient (Wildman–Crippen LogP) is 2.12. The second kappa shape index (κ2) is 4.77. The minimum Gasteiger partial charge on any atom is -0.383 e. The Morgan fingerprint density at radius 1 is 1.18 bits per heavy atom. The summed E-state index contributed by atoms with van der Waals surface area (Å²) in [5, 5.41) is 3.39. The first-order chi connectivity index (χ1) is 7.70. The third-order valence-corrected chi connectivity index (χ3v) is 2.67. The van der Waals surface area contributed by atoms with Crippen LogP contribution < -0.4 is 16.8 Å². The van der Waals surface area contributed by atoms with Crippen LogP contribution in [-0.2, 0) is 0 Å². The summed E-state index contributed by atoms with van der Waals surface area (Å²) in [4.78, 5) is 8.00. The van der Waals surface area contributed by atoms with Gasteiger partial charge in [-0.25, -0.2) is 0 Å². The van der Waals surface area contributed by atoms with Gasteiger partial charge >= 0.3 is 0 Å². The number of nitrogens with one attached hydrogen (secondary N) is 1. The molecule has 0 fully saturated rings. The molecule has 1 rings (SSSR count). The molecule has 5 heteroatoms. The Kier molecular flexibility index (Phi) is 3.80. The zero-order valence-electron chi connectivity index (χ0n) is 11.3. The normalized spacial score (nSPS) is 13.8. The predicted molar refractivity (Wildman–Crippen MR) is 72.6 cm³/mol. The second-order valence-electron chi connectivity index (χ2n) is 5.77. The van der Waals surface area contributed by atoms with E-state index in [1.54, 1.807) is 6.07 Å². The maximum absolute atomic E-state index is 5.65. The van der Waals surface area contributed by atoms with Crippen LogP contribution >= 0.6 is 0 Å². The SMILES string of the molecule is CC(C)[C@H](Nc1cc(N)nc(N)n1)C(C)(C)C. The highest BCUT2D eigenvalue weighted by Gasteiger charge is 2.27. The van der Waals surface area contributed by atoms with Crippen molar-refractivity contribution < 1.29 is 0 Å². The monoisotopic (exact) mass is 237 g/mol. The third kappa shape index (κ3) is 3.76. The lowest BCUT2D eigenvalue weighted by atomic mass is 9.80. The first kappa shape index (κ1) is 13.5. The molecule has 0 aliphatic carbocycles. The van der Waals surface area contributed by atoms with Crippen molar-refractivity contribution in [1.82, 2.24) is 9.97 Å². The Bertz CT molecular complexity index is 361. The first-order valence-corrected chi connectivity index (χ1v) is 5.86. The van der Waals surface area contributed by atoms with E-state index in [1.165, 1.54) is 0 Å². The fraction of sp³-hybridized carbons (Fsp3) is 0.667. The highest BCUT2D eigenvalue weighted by atomic mass is 15.1. The Morgan fingerprint density at radius 3 is 2.18 bits per heavy atom. The Morgan fingerprint density at radius 2 is 1.76 bits per heavy atom. The number of hydrogen-bond donors (Lipinski definition) is 3. The van der Waals surface area contributed by atoms with Gasteiger partial charge in [0.1, 0.15) is 11.6 Å². The van der Waals surface area contributed by atoms with Gasteiger partial charge in [0.05, 0.1) is 0 Å². The van der Waals surface area contributed by atoms with Gasteiger partial charge < -0.3 is 16.8 Å². The third-order valence-electron chi connectivity index (χ3n) is 2.67. The summed E-state index contributed by atoms with van der Waals surface area (Å²) >= 11 is 0. The van der Waals surface area contributed by atoms with Crippen molar-refractivity contribution in [1.29, 1.82) is 0 Å². The molecule has 0 aliphatic rings. The zero-order valence-corrected chi connectivity index (χ0v) is 11.3. The summed E-state index contributed by atoms with van der Waals surface area (Å²) in [5.74, 6) is 1.75. The maximum Gasteiger partial charge on any atom is 0.223 e. The number of rotatable bonds is 3. The molecule has 5 N–H and O–H groups in total. The van der Waals surface area contributed by atoms with Crippen LogP contribution in [0.25, 0.3) is 0 Å². The lowest BCUT2D eigenvalue weighted by Crippen LogP contribution is -2.38. The molecule has 1 aromatic rings. The van der Waals surface area contributed by atoms with E-state index in [9.17, 15) is 0 Å². The number of aromatic nitrogens is 2. The van der Waals surface area contributed by atoms with Gasteiger partial charge in [0.25, 0.3) is 0 Å². The van der Waals surface area contributed by atoms with Crippen molar-refractivity contribution in [2.45, 2.75) is 40.7 Å². The van der Waals surface area contributed by atoms with E-state index in [0.29, 0.717) is 17.6 Å². The summed E-state index contributed by atoms with van der Waals surface area (Å²) in [5.41, 5.74) is 11.4. The molecule has 0 unspecified atom stereocenters. The van der Waals surface area contributed by atoms with Gasteiger partial charge in [-0.05, 0) is 11.3 Å². The number of nitrogens with zero attached hydrogens (tertiary/aromatic N) is 2. The minimum atomic E-state index is 0.128. The van der Waals surface area contributed by atoms with Gasteiger partial charge in [-0.15, -0.1) is 0 Å². The molecular formula is C12H23N5. The van der Waals surface area contributed by atoms with Crippen molar-refractivity contribution in [3.63, 3.8) is 0 Å². The Balaban J connectivity index is 2.94. The number of nitrogens with two attached hydrogens (primary N) is 2. The summed E-state index contributed by atoms with van der Waals surface area (Å²) in [6.07, 6.45) is 0. The van der Waals surface area contributed by atoms with Gasteiger partial charge in [0.15, 0.2) is 0 Å². The second-order valence-corrected chi connectivity index (χ2v) is 5.77. The van der Waals surface area contributed by atoms with Crippen LogP contribution in [0.1, 0.15) is 34.6 Å². The molecule has 96 valence electrons. The van der Waals surface area contributed by atoms with Crippen LogP contribution in [0.5, 0.6) is 0 Å². The van der Waals surface area contributed by atoms with Crippen LogP contribution in [0, 0.1) is 11.3 Å². The Hall–Kier alpha value is -1.52. The molecule has 1 atom stereocenters. The van der Waals surface area contributed by atoms with E-state index in [2.05, 4.69) is 49.9 Å². The summed E-state index contributed by atoms with van der Waals surface area (Å²) in [7, 11) is 0. The van der Waals surface area contributed by atoms with Crippen molar-refractivity contribution in [2.75, 3.05) is 16.8 Å². The number of hydrogen-bond acceptors (Lipinski definition) is 5. The average Bonchev–Trinajstić information content (AvgIpc) is 2.10. The largest absolute Gasteiger partial charge is 0.383 e. The molecule has 0 saturated carbocycles. The van der Waals surface area contributed by atoms with Crippen LogP contribution in [0.2, 0.25) is 0 Å². The maximum atomic E-state index is 5.65. The van der Waals surface area contributed by atoms with Gasteiger partial charge in [-0.2, -0.15) is 9.97 Å². The minimum absolute atomic E-state index is 0.128. The fourth-order valence-corrected chi connectivity index (χ4v) is 2.10. The van der Waals surface area contributed by atoms with Crippen LogP contribution in [0.15, 0.2) is 6.07 Å². The van der Waals surface area contributed by atoms with Gasteiger partial charge in [0, 0.05) is 12.1 Å². The van der Waals surface area contributed by atoms with E-state index in [-0.39, 0.29) is 17.4 Å². The molecule has 0 radical (unpaired) electrons.